The maximum absolute atomic E-state index is 3.47. The summed E-state index contributed by atoms with van der Waals surface area (Å²) in [5.41, 5.74) is 5.93. The van der Waals surface area contributed by atoms with Gasteiger partial charge >= 0.3 is 0 Å². The molecule has 1 aromatic carbocycles. The van der Waals surface area contributed by atoms with Crippen molar-refractivity contribution in [1.82, 2.24) is 9.88 Å². The van der Waals surface area contributed by atoms with Gasteiger partial charge in [-0.25, -0.2) is 0 Å². The van der Waals surface area contributed by atoms with Gasteiger partial charge in [0.1, 0.15) is 0 Å². The standard InChI is InChI=1S/C19H22N2/c1-12-7-16-15-3-2-4-17-19(15)14(9-20-17)8-18(16)21(10-12)11-13-5-6-13/h2-4,7,9,13,16,18,20H,5-6,8,10-11H2,1H3/t16-,18-/m1/s1. The number of fused-ring (bicyclic) bond motifs is 2. The SMILES string of the molecule is CC1=C[C@@H]2c3cccc4[nH]cc(c34)C[C@H]2N(CC2CC2)C1. The smallest absolute Gasteiger partial charge is 0.0459 e. The van der Waals surface area contributed by atoms with Crippen molar-refractivity contribution in [3.05, 3.63) is 47.2 Å². The molecule has 0 amide bonds. The van der Waals surface area contributed by atoms with Crippen LogP contribution in [0.4, 0.5) is 0 Å². The van der Waals surface area contributed by atoms with Crippen LogP contribution >= 0.6 is 0 Å². The van der Waals surface area contributed by atoms with Gasteiger partial charge in [0.15, 0.2) is 0 Å². The molecule has 108 valence electrons. The van der Waals surface area contributed by atoms with Crippen molar-refractivity contribution in [2.45, 2.75) is 38.1 Å². The molecule has 0 bridgehead atoms. The first-order valence-electron chi connectivity index (χ1n) is 8.30. The van der Waals surface area contributed by atoms with Crippen LogP contribution in [0.5, 0.6) is 0 Å². The molecule has 3 aliphatic rings. The number of rotatable bonds is 2. The highest BCUT2D eigenvalue weighted by atomic mass is 15.2. The lowest BCUT2D eigenvalue weighted by molar-refractivity contribution is 0.174. The summed E-state index contributed by atoms with van der Waals surface area (Å²) in [6.07, 6.45) is 8.88. The van der Waals surface area contributed by atoms with Crippen molar-refractivity contribution in [2.75, 3.05) is 13.1 Å². The number of aromatic nitrogens is 1. The van der Waals surface area contributed by atoms with E-state index in [0.29, 0.717) is 12.0 Å². The largest absolute Gasteiger partial charge is 0.361 e. The van der Waals surface area contributed by atoms with Crippen molar-refractivity contribution in [3.8, 4) is 0 Å². The fourth-order valence-electron chi connectivity index (χ4n) is 4.47. The number of hydrogen-bond acceptors (Lipinski definition) is 1. The van der Waals surface area contributed by atoms with Gasteiger partial charge in [-0.15, -0.1) is 0 Å². The molecule has 1 fully saturated rings. The van der Waals surface area contributed by atoms with E-state index in [-0.39, 0.29) is 0 Å². The summed E-state index contributed by atoms with van der Waals surface area (Å²) in [5, 5.41) is 1.50. The van der Waals surface area contributed by atoms with Crippen LogP contribution in [0, 0.1) is 5.92 Å². The highest BCUT2D eigenvalue weighted by Gasteiger charge is 2.38. The van der Waals surface area contributed by atoms with Crippen LogP contribution in [-0.2, 0) is 6.42 Å². The highest BCUT2D eigenvalue weighted by molar-refractivity contribution is 5.88. The normalized spacial score (nSPS) is 28.5. The molecule has 2 heterocycles. The van der Waals surface area contributed by atoms with Gasteiger partial charge in [0.2, 0.25) is 0 Å². The Bertz CT molecular complexity index is 735. The first-order valence-corrected chi connectivity index (χ1v) is 8.30. The third-order valence-corrected chi connectivity index (χ3v) is 5.60. The van der Waals surface area contributed by atoms with E-state index in [9.17, 15) is 0 Å². The quantitative estimate of drug-likeness (QED) is 0.827. The average Bonchev–Trinajstić information content (AvgIpc) is 3.20. The topological polar surface area (TPSA) is 19.0 Å². The molecule has 0 saturated heterocycles. The predicted molar refractivity (Wildman–Crippen MR) is 86.6 cm³/mol. The van der Waals surface area contributed by atoms with E-state index in [2.05, 4.69) is 47.3 Å². The fraction of sp³-hybridized carbons (Fsp3) is 0.474. The van der Waals surface area contributed by atoms with E-state index in [1.165, 1.54) is 48.8 Å². The van der Waals surface area contributed by atoms with Gasteiger partial charge in [-0.05, 0) is 49.3 Å². The Morgan fingerprint density at radius 3 is 3.05 bits per heavy atom. The third kappa shape index (κ3) is 1.82. The van der Waals surface area contributed by atoms with Crippen molar-refractivity contribution in [3.63, 3.8) is 0 Å². The molecule has 2 aromatic rings. The number of benzene rings is 1. The molecule has 2 nitrogen and oxygen atoms in total. The van der Waals surface area contributed by atoms with Crippen molar-refractivity contribution >= 4 is 10.9 Å². The minimum atomic E-state index is 0.587. The second kappa shape index (κ2) is 4.23. The Morgan fingerprint density at radius 1 is 1.29 bits per heavy atom. The first kappa shape index (κ1) is 12.0. The Balaban J connectivity index is 1.63. The lowest BCUT2D eigenvalue weighted by atomic mass is 9.76. The maximum atomic E-state index is 3.47. The molecule has 0 radical (unpaired) electrons. The second-order valence-electron chi connectivity index (χ2n) is 7.27. The summed E-state index contributed by atoms with van der Waals surface area (Å²) < 4.78 is 0. The molecule has 5 rings (SSSR count). The van der Waals surface area contributed by atoms with Crippen LogP contribution in [0.15, 0.2) is 36.0 Å². The number of nitrogens with one attached hydrogen (secondary N) is 1. The van der Waals surface area contributed by atoms with E-state index >= 15 is 0 Å². The summed E-state index contributed by atoms with van der Waals surface area (Å²) in [4.78, 5) is 6.24. The van der Waals surface area contributed by atoms with Crippen LogP contribution < -0.4 is 0 Å². The molecule has 0 unspecified atom stereocenters. The van der Waals surface area contributed by atoms with Gasteiger partial charge in [-0.2, -0.15) is 0 Å². The Morgan fingerprint density at radius 2 is 2.19 bits per heavy atom. The molecule has 21 heavy (non-hydrogen) atoms. The van der Waals surface area contributed by atoms with Crippen LogP contribution in [0.2, 0.25) is 0 Å². The van der Waals surface area contributed by atoms with Crippen molar-refractivity contribution in [1.29, 1.82) is 0 Å². The summed E-state index contributed by atoms with van der Waals surface area (Å²) >= 11 is 0. The monoisotopic (exact) mass is 278 g/mol. The minimum Gasteiger partial charge on any atom is -0.361 e. The van der Waals surface area contributed by atoms with Crippen molar-refractivity contribution < 1.29 is 0 Å². The lowest BCUT2D eigenvalue weighted by Gasteiger charge is -2.43. The predicted octanol–water partition coefficient (Wildman–Crippen LogP) is 3.85. The van der Waals surface area contributed by atoms with Gasteiger partial charge in [-0.1, -0.05) is 23.8 Å². The summed E-state index contributed by atoms with van der Waals surface area (Å²) in [6, 6.07) is 7.44. The molecular weight excluding hydrogens is 256 g/mol. The van der Waals surface area contributed by atoms with E-state index in [4.69, 9.17) is 0 Å². The van der Waals surface area contributed by atoms with E-state index in [0.717, 1.165) is 5.92 Å². The van der Waals surface area contributed by atoms with Crippen molar-refractivity contribution in [2.24, 2.45) is 5.92 Å². The van der Waals surface area contributed by atoms with E-state index in [1.807, 2.05) is 0 Å². The molecular formula is C19H22N2. The number of aromatic amines is 1. The molecule has 1 aromatic heterocycles. The summed E-state index contributed by atoms with van der Waals surface area (Å²) in [5.74, 6) is 1.56. The molecule has 2 aliphatic carbocycles. The van der Waals surface area contributed by atoms with Gasteiger partial charge in [0.05, 0.1) is 0 Å². The number of hydrogen-bond donors (Lipinski definition) is 1. The van der Waals surface area contributed by atoms with E-state index in [1.54, 1.807) is 11.1 Å². The number of H-pyrrole nitrogens is 1. The molecule has 1 saturated carbocycles. The van der Waals surface area contributed by atoms with Gasteiger partial charge in [0, 0.05) is 42.1 Å². The lowest BCUT2D eigenvalue weighted by Crippen LogP contribution is -2.46. The zero-order valence-electron chi connectivity index (χ0n) is 12.6. The van der Waals surface area contributed by atoms with Gasteiger partial charge in [0.25, 0.3) is 0 Å². The summed E-state index contributed by atoms with van der Waals surface area (Å²) in [7, 11) is 0. The van der Waals surface area contributed by atoms with E-state index < -0.39 is 0 Å². The zero-order chi connectivity index (χ0) is 14.0. The van der Waals surface area contributed by atoms with Crippen LogP contribution in [-0.4, -0.2) is 29.0 Å². The van der Waals surface area contributed by atoms with Crippen LogP contribution in [0.1, 0.15) is 36.8 Å². The fourth-order valence-corrected chi connectivity index (χ4v) is 4.47. The molecule has 1 N–H and O–H groups in total. The first-order chi connectivity index (χ1) is 10.3. The second-order valence-corrected chi connectivity index (χ2v) is 7.27. The Labute approximate surface area is 125 Å². The highest BCUT2D eigenvalue weighted by Crippen LogP contribution is 2.43. The van der Waals surface area contributed by atoms with Crippen LogP contribution in [0.25, 0.3) is 10.9 Å². The molecule has 0 spiro atoms. The molecule has 2 heteroatoms. The average molecular weight is 278 g/mol. The summed E-state index contributed by atoms with van der Waals surface area (Å²) in [6.45, 7) is 4.79. The molecule has 2 atom stereocenters. The van der Waals surface area contributed by atoms with Gasteiger partial charge in [-0.3, -0.25) is 4.90 Å². The Kier molecular flexibility index (Phi) is 2.43. The van der Waals surface area contributed by atoms with Crippen LogP contribution in [0.3, 0.4) is 0 Å². The maximum Gasteiger partial charge on any atom is 0.0459 e. The third-order valence-electron chi connectivity index (χ3n) is 5.60. The minimum absolute atomic E-state index is 0.587. The Hall–Kier alpha value is -1.54. The zero-order valence-corrected chi connectivity index (χ0v) is 12.6. The molecule has 1 aliphatic heterocycles. The van der Waals surface area contributed by atoms with Gasteiger partial charge < -0.3 is 4.98 Å². The number of nitrogens with zero attached hydrogens (tertiary/aromatic N) is 1.